The summed E-state index contributed by atoms with van der Waals surface area (Å²) in [4.78, 5) is 38.4. The summed E-state index contributed by atoms with van der Waals surface area (Å²) in [5.41, 5.74) is 0. The topological polar surface area (TPSA) is 78.9 Å². The van der Waals surface area contributed by atoms with Gasteiger partial charge in [0.1, 0.15) is 13.2 Å². The molecule has 1 unspecified atom stereocenters. The van der Waals surface area contributed by atoms with Crippen molar-refractivity contribution in [2.24, 2.45) is 0 Å². The third-order valence-electron chi connectivity index (χ3n) is 13.6. The summed E-state index contributed by atoms with van der Waals surface area (Å²) in [6.07, 6.45) is 93.1. The van der Waals surface area contributed by atoms with E-state index in [0.29, 0.717) is 19.3 Å². The van der Waals surface area contributed by atoms with Crippen molar-refractivity contribution in [2.75, 3.05) is 13.2 Å². The third kappa shape index (κ3) is 64.3. The highest BCUT2D eigenvalue weighted by Gasteiger charge is 2.19. The molecule has 0 N–H and O–H groups in total. The van der Waals surface area contributed by atoms with Crippen molar-refractivity contribution in [3.8, 4) is 0 Å². The van der Waals surface area contributed by atoms with Crippen LogP contribution in [-0.2, 0) is 28.6 Å². The van der Waals surface area contributed by atoms with Crippen molar-refractivity contribution < 1.29 is 28.6 Å². The Morgan fingerprint density at radius 2 is 0.456 bits per heavy atom. The Balaban J connectivity index is 4.42. The minimum Gasteiger partial charge on any atom is -0.462 e. The molecule has 6 nitrogen and oxygen atoms in total. The molecule has 0 saturated heterocycles. The number of ether oxygens (including phenoxy) is 3. The summed E-state index contributed by atoms with van der Waals surface area (Å²) < 4.78 is 17.0. The molecule has 0 aromatic heterocycles. The maximum absolute atomic E-state index is 12.9. The van der Waals surface area contributed by atoms with E-state index in [1.165, 1.54) is 109 Å². The zero-order chi connectivity index (χ0) is 57.1. The Kier molecular flexibility index (Phi) is 62.3. The summed E-state index contributed by atoms with van der Waals surface area (Å²) in [5.74, 6) is -0.907. The Labute approximate surface area is 487 Å². The van der Waals surface area contributed by atoms with Crippen LogP contribution in [0.25, 0.3) is 0 Å². The standard InChI is InChI=1S/C73H120O6/c1-4-7-10-13-16-19-22-25-28-31-33-35-36-38-39-42-45-48-51-54-57-60-63-66-72(75)78-69-70(68-77-71(74)65-62-59-56-53-50-47-44-41-30-27-24-21-18-15-12-9-6-3)79-73(76)67-64-61-58-55-52-49-46-43-40-37-34-32-29-26-23-20-17-14-11-8-5-2/h7-12,16-21,25-30,33-35,37,70H,4-6,13-15,22-24,31-32,36,38-69H2,1-3H3/b10-7-,11-8-,12-9-,19-16-,20-17-,21-18-,28-25-,29-26-,30-27-,35-33-,37-34-. The van der Waals surface area contributed by atoms with E-state index in [1.807, 2.05) is 0 Å². The van der Waals surface area contributed by atoms with Gasteiger partial charge in [-0.05, 0) is 128 Å². The van der Waals surface area contributed by atoms with Crippen molar-refractivity contribution >= 4 is 17.9 Å². The number of carbonyl (C=O) groups is 3. The largest absolute Gasteiger partial charge is 0.462 e. The van der Waals surface area contributed by atoms with Gasteiger partial charge in [0.25, 0.3) is 0 Å². The molecule has 0 bridgehead atoms. The molecule has 79 heavy (non-hydrogen) atoms. The molecule has 0 aromatic rings. The average molecular weight is 1090 g/mol. The van der Waals surface area contributed by atoms with Crippen LogP contribution in [0.1, 0.15) is 290 Å². The van der Waals surface area contributed by atoms with Crippen LogP contribution in [0.2, 0.25) is 0 Å². The van der Waals surface area contributed by atoms with E-state index >= 15 is 0 Å². The summed E-state index contributed by atoms with van der Waals surface area (Å²) in [6.45, 7) is 6.30. The van der Waals surface area contributed by atoms with Gasteiger partial charge in [0, 0.05) is 19.3 Å². The van der Waals surface area contributed by atoms with Crippen LogP contribution in [0.3, 0.4) is 0 Å². The zero-order valence-corrected chi connectivity index (χ0v) is 51.3. The lowest BCUT2D eigenvalue weighted by molar-refractivity contribution is -0.167. The third-order valence-corrected chi connectivity index (χ3v) is 13.6. The van der Waals surface area contributed by atoms with Gasteiger partial charge >= 0.3 is 17.9 Å². The molecule has 0 rings (SSSR count). The van der Waals surface area contributed by atoms with Crippen LogP contribution < -0.4 is 0 Å². The average Bonchev–Trinajstić information content (AvgIpc) is 3.45. The molecule has 6 heteroatoms. The number of hydrogen-bond acceptors (Lipinski definition) is 6. The van der Waals surface area contributed by atoms with E-state index in [9.17, 15) is 14.4 Å². The Morgan fingerprint density at radius 3 is 0.709 bits per heavy atom. The molecule has 0 saturated carbocycles. The number of unbranched alkanes of at least 4 members (excludes halogenated alkanes) is 25. The summed E-state index contributed by atoms with van der Waals surface area (Å²) in [5, 5.41) is 0. The molecule has 1 atom stereocenters. The molecule has 0 aliphatic carbocycles. The first-order valence-electron chi connectivity index (χ1n) is 32.7. The first kappa shape index (κ1) is 74.5. The molecule has 0 aliphatic heterocycles. The van der Waals surface area contributed by atoms with Crippen LogP contribution in [0, 0.1) is 0 Å². The van der Waals surface area contributed by atoms with Crippen molar-refractivity contribution in [3.63, 3.8) is 0 Å². The van der Waals surface area contributed by atoms with E-state index in [4.69, 9.17) is 14.2 Å². The highest BCUT2D eigenvalue weighted by Crippen LogP contribution is 2.16. The molecule has 0 aromatic carbocycles. The van der Waals surface area contributed by atoms with Crippen LogP contribution >= 0.6 is 0 Å². The minimum atomic E-state index is -0.795. The highest BCUT2D eigenvalue weighted by atomic mass is 16.6. The van der Waals surface area contributed by atoms with Crippen molar-refractivity contribution in [1.29, 1.82) is 0 Å². The van der Waals surface area contributed by atoms with Gasteiger partial charge in [-0.25, -0.2) is 0 Å². The van der Waals surface area contributed by atoms with Gasteiger partial charge in [-0.3, -0.25) is 14.4 Å². The zero-order valence-electron chi connectivity index (χ0n) is 51.3. The fourth-order valence-corrected chi connectivity index (χ4v) is 8.85. The van der Waals surface area contributed by atoms with Gasteiger partial charge in [0.15, 0.2) is 6.10 Å². The van der Waals surface area contributed by atoms with Gasteiger partial charge in [-0.2, -0.15) is 0 Å². The second-order valence-corrected chi connectivity index (χ2v) is 21.2. The first-order chi connectivity index (χ1) is 39.0. The second kappa shape index (κ2) is 66.1. The lowest BCUT2D eigenvalue weighted by atomic mass is 10.1. The fraction of sp³-hybridized carbons (Fsp3) is 0.658. The van der Waals surface area contributed by atoms with Crippen LogP contribution in [0.15, 0.2) is 134 Å². The maximum Gasteiger partial charge on any atom is 0.306 e. The number of hydrogen-bond donors (Lipinski definition) is 0. The number of esters is 3. The number of allylic oxidation sites excluding steroid dienone is 22. The number of rotatable bonds is 58. The quantitative estimate of drug-likeness (QED) is 0.0261. The lowest BCUT2D eigenvalue weighted by Crippen LogP contribution is -2.30. The van der Waals surface area contributed by atoms with Gasteiger partial charge in [-0.15, -0.1) is 0 Å². The lowest BCUT2D eigenvalue weighted by Gasteiger charge is -2.18. The van der Waals surface area contributed by atoms with Gasteiger partial charge < -0.3 is 14.2 Å². The van der Waals surface area contributed by atoms with Crippen molar-refractivity contribution in [1.82, 2.24) is 0 Å². The van der Waals surface area contributed by atoms with E-state index in [0.717, 1.165) is 141 Å². The maximum atomic E-state index is 12.9. The molecule has 448 valence electrons. The molecule has 0 fully saturated rings. The van der Waals surface area contributed by atoms with Crippen LogP contribution in [0.5, 0.6) is 0 Å². The molecular weight excluding hydrogens is 973 g/mol. The monoisotopic (exact) mass is 1090 g/mol. The van der Waals surface area contributed by atoms with Crippen LogP contribution in [0.4, 0.5) is 0 Å². The molecule has 0 spiro atoms. The molecular formula is C73H120O6. The van der Waals surface area contributed by atoms with Crippen molar-refractivity contribution in [2.45, 2.75) is 297 Å². The van der Waals surface area contributed by atoms with Gasteiger partial charge in [0.05, 0.1) is 0 Å². The summed E-state index contributed by atoms with van der Waals surface area (Å²) in [6, 6.07) is 0. The van der Waals surface area contributed by atoms with Gasteiger partial charge in [0.2, 0.25) is 0 Å². The predicted molar refractivity (Wildman–Crippen MR) is 343 cm³/mol. The molecule has 0 aliphatic rings. The first-order valence-corrected chi connectivity index (χ1v) is 32.7. The normalized spacial score (nSPS) is 13.0. The smallest absolute Gasteiger partial charge is 0.306 e. The predicted octanol–water partition coefficient (Wildman–Crippen LogP) is 22.5. The number of carbonyl (C=O) groups excluding carboxylic acids is 3. The molecule has 0 amide bonds. The van der Waals surface area contributed by atoms with E-state index in [-0.39, 0.29) is 31.1 Å². The van der Waals surface area contributed by atoms with E-state index in [2.05, 4.69) is 154 Å². The van der Waals surface area contributed by atoms with E-state index < -0.39 is 6.10 Å². The highest BCUT2D eigenvalue weighted by molar-refractivity contribution is 5.71. The summed E-state index contributed by atoms with van der Waals surface area (Å²) in [7, 11) is 0. The molecule has 0 radical (unpaired) electrons. The van der Waals surface area contributed by atoms with Gasteiger partial charge in [-0.1, -0.05) is 276 Å². The summed E-state index contributed by atoms with van der Waals surface area (Å²) >= 11 is 0. The second-order valence-electron chi connectivity index (χ2n) is 21.2. The Morgan fingerprint density at radius 1 is 0.253 bits per heavy atom. The van der Waals surface area contributed by atoms with Crippen molar-refractivity contribution in [3.05, 3.63) is 134 Å². The minimum absolute atomic E-state index is 0.0899. The Bertz CT molecular complexity index is 1680. The fourth-order valence-electron chi connectivity index (χ4n) is 8.85. The van der Waals surface area contributed by atoms with E-state index in [1.54, 1.807) is 0 Å². The van der Waals surface area contributed by atoms with Crippen LogP contribution in [-0.4, -0.2) is 37.2 Å². The Hall–Kier alpha value is -4.45. The SMILES string of the molecule is CC/C=C\C/C=C\C/C=C\C/C=C\CCCCCCCCCCCCC(=O)OCC(COC(=O)CCCCCCCCC/C=C\C/C=C\C/C=C\CC)OC(=O)CCCCCCCCCC/C=C\C/C=C\C/C=C\C/C=C\CC. The molecule has 0 heterocycles.